The molecule has 31 heavy (non-hydrogen) atoms. The van der Waals surface area contributed by atoms with Gasteiger partial charge in [0, 0.05) is 23.0 Å². The summed E-state index contributed by atoms with van der Waals surface area (Å²) in [4.78, 5) is 14.9. The Morgan fingerprint density at radius 2 is 1.71 bits per heavy atom. The van der Waals surface area contributed by atoms with Crippen molar-refractivity contribution in [3.63, 3.8) is 0 Å². The third kappa shape index (κ3) is 6.12. The number of nitrogens with one attached hydrogen (secondary N) is 1. The van der Waals surface area contributed by atoms with Crippen molar-refractivity contribution in [1.29, 1.82) is 0 Å². The van der Waals surface area contributed by atoms with Crippen molar-refractivity contribution in [2.45, 2.75) is 19.4 Å². The van der Waals surface area contributed by atoms with Crippen molar-refractivity contribution in [3.8, 4) is 17.2 Å². The molecule has 1 aliphatic rings. The zero-order valence-corrected chi connectivity index (χ0v) is 18.8. The van der Waals surface area contributed by atoms with E-state index in [9.17, 15) is 4.79 Å². The molecule has 1 saturated heterocycles. The van der Waals surface area contributed by atoms with Crippen molar-refractivity contribution in [2.24, 2.45) is 11.0 Å². The molecule has 0 aliphatic carbocycles. The summed E-state index contributed by atoms with van der Waals surface area (Å²) in [6, 6.07) is 11.4. The quantitative estimate of drug-likeness (QED) is 0.495. The second-order valence-corrected chi connectivity index (χ2v) is 7.81. The fraction of sp³-hybridized carbons (Fsp3) is 0.391. The molecule has 166 valence electrons. The van der Waals surface area contributed by atoms with E-state index in [0.29, 0.717) is 17.2 Å². The Balaban J connectivity index is 1.51. The third-order valence-electron chi connectivity index (χ3n) is 5.35. The van der Waals surface area contributed by atoms with Gasteiger partial charge in [0.25, 0.3) is 0 Å². The van der Waals surface area contributed by atoms with Crippen LogP contribution >= 0.6 is 11.6 Å². The van der Waals surface area contributed by atoms with Crippen molar-refractivity contribution in [3.05, 3.63) is 52.5 Å². The summed E-state index contributed by atoms with van der Waals surface area (Å²) in [5, 5.41) is 4.86. The van der Waals surface area contributed by atoms with Gasteiger partial charge in [-0.2, -0.15) is 5.10 Å². The number of hydrogen-bond donors (Lipinski definition) is 1. The standard InChI is InChI=1S/C23H28ClN3O4/c1-29-20-12-17(13-21(30-2)22(20)31-3)14-25-26-23(28)18-8-10-27(11-9-18)15-16-4-6-19(24)7-5-16/h4-7,12-14,18H,8-11,15H2,1-3H3,(H,26,28). The van der Waals surface area contributed by atoms with E-state index >= 15 is 0 Å². The minimum absolute atomic E-state index is 0.0430. The van der Waals surface area contributed by atoms with Gasteiger partial charge in [-0.3, -0.25) is 9.69 Å². The minimum atomic E-state index is -0.0603. The van der Waals surface area contributed by atoms with E-state index in [1.165, 1.54) is 5.56 Å². The number of piperidine rings is 1. The topological polar surface area (TPSA) is 72.4 Å². The molecule has 3 rings (SSSR count). The van der Waals surface area contributed by atoms with E-state index in [-0.39, 0.29) is 11.8 Å². The number of carbonyl (C=O) groups excluding carboxylic acids is 1. The van der Waals surface area contributed by atoms with Crippen LogP contribution in [0.4, 0.5) is 0 Å². The van der Waals surface area contributed by atoms with Gasteiger partial charge in [0.2, 0.25) is 11.7 Å². The molecule has 1 fully saturated rings. The summed E-state index contributed by atoms with van der Waals surface area (Å²) in [5.74, 6) is 1.47. The first-order chi connectivity index (χ1) is 15.0. The second kappa shape index (κ2) is 11.0. The lowest BCUT2D eigenvalue weighted by atomic mass is 9.96. The number of carbonyl (C=O) groups is 1. The van der Waals surface area contributed by atoms with Gasteiger partial charge in [-0.25, -0.2) is 5.43 Å². The van der Waals surface area contributed by atoms with Gasteiger partial charge in [0.05, 0.1) is 27.5 Å². The third-order valence-corrected chi connectivity index (χ3v) is 5.61. The fourth-order valence-electron chi connectivity index (χ4n) is 3.64. The number of rotatable bonds is 8. The summed E-state index contributed by atoms with van der Waals surface area (Å²) in [6.07, 6.45) is 3.18. The molecular weight excluding hydrogens is 418 g/mol. The maximum atomic E-state index is 12.5. The summed E-state index contributed by atoms with van der Waals surface area (Å²) in [6.45, 7) is 2.61. The van der Waals surface area contributed by atoms with E-state index in [1.807, 2.05) is 24.3 Å². The Morgan fingerprint density at radius 1 is 1.10 bits per heavy atom. The minimum Gasteiger partial charge on any atom is -0.493 e. The Hall–Kier alpha value is -2.77. The molecule has 0 bridgehead atoms. The van der Waals surface area contributed by atoms with Crippen LogP contribution in [0, 0.1) is 5.92 Å². The summed E-state index contributed by atoms with van der Waals surface area (Å²) in [5.41, 5.74) is 4.61. The van der Waals surface area contributed by atoms with E-state index in [1.54, 1.807) is 39.7 Å². The highest BCUT2D eigenvalue weighted by Crippen LogP contribution is 2.37. The van der Waals surface area contributed by atoms with Crippen LogP contribution in [-0.4, -0.2) is 51.4 Å². The van der Waals surface area contributed by atoms with E-state index < -0.39 is 0 Å². The SMILES string of the molecule is COc1cc(C=NNC(=O)C2CCN(Cc3ccc(Cl)cc3)CC2)cc(OC)c1OC. The maximum absolute atomic E-state index is 12.5. The average Bonchev–Trinajstić information content (AvgIpc) is 2.80. The number of methoxy groups -OCH3 is 3. The van der Waals surface area contributed by atoms with Gasteiger partial charge >= 0.3 is 0 Å². The van der Waals surface area contributed by atoms with Crippen LogP contribution in [-0.2, 0) is 11.3 Å². The highest BCUT2D eigenvalue weighted by atomic mass is 35.5. The predicted molar refractivity (Wildman–Crippen MR) is 121 cm³/mol. The van der Waals surface area contributed by atoms with Crippen LogP contribution in [0.5, 0.6) is 17.2 Å². The number of halogens is 1. The smallest absolute Gasteiger partial charge is 0.243 e. The molecule has 0 saturated carbocycles. The lowest BCUT2D eigenvalue weighted by molar-refractivity contribution is -0.126. The van der Waals surface area contributed by atoms with Crippen molar-refractivity contribution in [1.82, 2.24) is 10.3 Å². The number of hydrogen-bond acceptors (Lipinski definition) is 6. The number of hydrazone groups is 1. The summed E-state index contributed by atoms with van der Waals surface area (Å²) < 4.78 is 16.0. The molecule has 7 nitrogen and oxygen atoms in total. The summed E-state index contributed by atoms with van der Waals surface area (Å²) >= 11 is 5.95. The zero-order valence-electron chi connectivity index (χ0n) is 18.1. The van der Waals surface area contributed by atoms with E-state index in [2.05, 4.69) is 15.4 Å². The number of benzene rings is 2. The molecule has 0 aromatic heterocycles. The van der Waals surface area contributed by atoms with Gasteiger partial charge in [-0.05, 0) is 55.8 Å². The molecule has 1 heterocycles. The monoisotopic (exact) mass is 445 g/mol. The Labute approximate surface area is 187 Å². The van der Waals surface area contributed by atoms with Crippen LogP contribution in [0.25, 0.3) is 0 Å². The molecular formula is C23H28ClN3O4. The molecule has 2 aromatic rings. The van der Waals surface area contributed by atoms with Crippen LogP contribution in [0.15, 0.2) is 41.5 Å². The molecule has 0 atom stereocenters. The normalized spacial score (nSPS) is 15.1. The van der Waals surface area contributed by atoms with Crippen LogP contribution < -0.4 is 19.6 Å². The van der Waals surface area contributed by atoms with Crippen LogP contribution in [0.3, 0.4) is 0 Å². The molecule has 0 radical (unpaired) electrons. The summed E-state index contributed by atoms with van der Waals surface area (Å²) in [7, 11) is 4.66. The lowest BCUT2D eigenvalue weighted by Gasteiger charge is -2.30. The van der Waals surface area contributed by atoms with Gasteiger partial charge < -0.3 is 14.2 Å². The largest absolute Gasteiger partial charge is 0.493 e. The van der Waals surface area contributed by atoms with E-state index in [4.69, 9.17) is 25.8 Å². The van der Waals surface area contributed by atoms with Crippen molar-refractivity contribution >= 4 is 23.7 Å². The Bertz CT molecular complexity index is 885. The maximum Gasteiger partial charge on any atom is 0.243 e. The van der Waals surface area contributed by atoms with Gasteiger partial charge in [0.1, 0.15) is 0 Å². The molecule has 0 spiro atoms. The fourth-order valence-corrected chi connectivity index (χ4v) is 3.76. The zero-order chi connectivity index (χ0) is 22.2. The molecule has 1 N–H and O–H groups in total. The van der Waals surface area contributed by atoms with Crippen molar-refractivity contribution < 1.29 is 19.0 Å². The number of nitrogens with zero attached hydrogens (tertiary/aromatic N) is 2. The van der Waals surface area contributed by atoms with Gasteiger partial charge in [-0.15, -0.1) is 0 Å². The molecule has 0 unspecified atom stereocenters. The van der Waals surface area contributed by atoms with Gasteiger partial charge in [-0.1, -0.05) is 23.7 Å². The van der Waals surface area contributed by atoms with Crippen molar-refractivity contribution in [2.75, 3.05) is 34.4 Å². The number of ether oxygens (including phenoxy) is 3. The number of amides is 1. The number of likely N-dealkylation sites (tertiary alicyclic amines) is 1. The van der Waals surface area contributed by atoms with E-state index in [0.717, 1.165) is 43.1 Å². The molecule has 1 aliphatic heterocycles. The molecule has 8 heteroatoms. The molecule has 2 aromatic carbocycles. The Morgan fingerprint density at radius 3 is 2.26 bits per heavy atom. The lowest BCUT2D eigenvalue weighted by Crippen LogP contribution is -2.39. The first kappa shape index (κ1) is 22.9. The highest BCUT2D eigenvalue weighted by Gasteiger charge is 2.24. The van der Waals surface area contributed by atoms with Crippen LogP contribution in [0.1, 0.15) is 24.0 Å². The molecule has 1 amide bonds. The van der Waals surface area contributed by atoms with Crippen LogP contribution in [0.2, 0.25) is 5.02 Å². The average molecular weight is 446 g/mol. The second-order valence-electron chi connectivity index (χ2n) is 7.37. The predicted octanol–water partition coefficient (Wildman–Crippen LogP) is 3.73. The highest BCUT2D eigenvalue weighted by molar-refractivity contribution is 6.30. The Kier molecular flexibility index (Phi) is 8.14. The van der Waals surface area contributed by atoms with Gasteiger partial charge in [0.15, 0.2) is 11.5 Å². The first-order valence-electron chi connectivity index (χ1n) is 10.1. The first-order valence-corrected chi connectivity index (χ1v) is 10.5.